The number of nitrogens with two attached hydrogens (primary N) is 1. The number of hydrogen-bond donors (Lipinski definition) is 2. The van der Waals surface area contributed by atoms with Crippen LogP contribution in [0.25, 0.3) is 0 Å². The van der Waals surface area contributed by atoms with Crippen LogP contribution in [-0.2, 0) is 18.3 Å². The Hall–Kier alpha value is -2.50. The number of hydrogen-bond acceptors (Lipinski definition) is 4. The second-order valence-electron chi connectivity index (χ2n) is 4.72. The molecule has 1 aromatic carbocycles. The van der Waals surface area contributed by atoms with Crippen LogP contribution < -0.4 is 15.8 Å². The quantitative estimate of drug-likeness (QED) is 0.748. The molecule has 6 heteroatoms. The van der Waals surface area contributed by atoms with Crippen LogP contribution in [0.1, 0.15) is 12.2 Å². The molecule has 0 unspecified atom stereocenters. The third-order valence-corrected chi connectivity index (χ3v) is 3.07. The van der Waals surface area contributed by atoms with E-state index < -0.39 is 0 Å². The highest BCUT2D eigenvalue weighted by Crippen LogP contribution is 2.12. The Kier molecular flexibility index (Phi) is 5.20. The summed E-state index contributed by atoms with van der Waals surface area (Å²) in [5, 5.41) is 2.85. The van der Waals surface area contributed by atoms with Crippen LogP contribution in [0.15, 0.2) is 36.7 Å². The lowest BCUT2D eigenvalue weighted by atomic mass is 10.3. The first-order valence-electron chi connectivity index (χ1n) is 6.86. The molecule has 0 atom stereocenters. The number of carbonyl (C=O) groups excluding carboxylic acids is 1. The maximum absolute atomic E-state index is 11.7. The van der Waals surface area contributed by atoms with E-state index in [1.165, 1.54) is 0 Å². The van der Waals surface area contributed by atoms with Gasteiger partial charge in [-0.15, -0.1) is 0 Å². The lowest BCUT2D eigenvalue weighted by Gasteiger charge is -2.07. The van der Waals surface area contributed by atoms with Gasteiger partial charge in [0.15, 0.2) is 0 Å². The third-order valence-electron chi connectivity index (χ3n) is 3.07. The number of rotatable bonds is 7. The number of anilines is 1. The zero-order chi connectivity index (χ0) is 15.1. The monoisotopic (exact) mass is 288 g/mol. The first-order valence-corrected chi connectivity index (χ1v) is 6.86. The third kappa shape index (κ3) is 4.83. The standard InChI is InChI=1S/C15H20N4O2/c1-19-10-9-17-14(19)6-8-18-15(20)7-11-21-13-4-2-12(16)3-5-13/h2-5,9-10H,6-8,11,16H2,1H3,(H,18,20). The Labute approximate surface area is 123 Å². The second-order valence-corrected chi connectivity index (χ2v) is 4.72. The summed E-state index contributed by atoms with van der Waals surface area (Å²) in [5.41, 5.74) is 6.27. The van der Waals surface area contributed by atoms with E-state index in [1.54, 1.807) is 30.5 Å². The van der Waals surface area contributed by atoms with Gasteiger partial charge < -0.3 is 20.4 Å². The number of nitrogens with zero attached hydrogens (tertiary/aromatic N) is 2. The predicted octanol–water partition coefficient (Wildman–Crippen LogP) is 1.13. The SMILES string of the molecule is Cn1ccnc1CCNC(=O)CCOc1ccc(N)cc1. The van der Waals surface area contributed by atoms with Crippen molar-refractivity contribution in [1.82, 2.24) is 14.9 Å². The molecule has 0 radical (unpaired) electrons. The minimum Gasteiger partial charge on any atom is -0.493 e. The van der Waals surface area contributed by atoms with Crippen molar-refractivity contribution in [3.8, 4) is 5.75 Å². The van der Waals surface area contributed by atoms with Crippen LogP contribution in [0.4, 0.5) is 5.69 Å². The van der Waals surface area contributed by atoms with Crippen molar-refractivity contribution in [3.63, 3.8) is 0 Å². The van der Waals surface area contributed by atoms with Crippen molar-refractivity contribution >= 4 is 11.6 Å². The molecule has 3 N–H and O–H groups in total. The van der Waals surface area contributed by atoms with Gasteiger partial charge in [-0.05, 0) is 24.3 Å². The summed E-state index contributed by atoms with van der Waals surface area (Å²) in [7, 11) is 1.94. The fraction of sp³-hybridized carbons (Fsp3) is 0.333. The minimum atomic E-state index is -0.0281. The van der Waals surface area contributed by atoms with E-state index in [-0.39, 0.29) is 5.91 Å². The number of imidazole rings is 1. The Morgan fingerprint density at radius 1 is 1.38 bits per heavy atom. The molecule has 1 aromatic heterocycles. The van der Waals surface area contributed by atoms with Gasteiger partial charge in [0.2, 0.25) is 5.91 Å². The number of nitrogen functional groups attached to an aromatic ring is 1. The Morgan fingerprint density at radius 2 is 2.14 bits per heavy atom. The molecule has 0 spiro atoms. The Morgan fingerprint density at radius 3 is 2.81 bits per heavy atom. The molecule has 112 valence electrons. The number of ether oxygens (including phenoxy) is 1. The fourth-order valence-electron chi connectivity index (χ4n) is 1.87. The number of aryl methyl sites for hydroxylation is 1. The maximum atomic E-state index is 11.7. The van der Waals surface area contributed by atoms with E-state index in [1.807, 2.05) is 17.8 Å². The van der Waals surface area contributed by atoms with Crippen molar-refractivity contribution in [1.29, 1.82) is 0 Å². The molecule has 0 bridgehead atoms. The smallest absolute Gasteiger partial charge is 0.223 e. The van der Waals surface area contributed by atoms with Gasteiger partial charge in [0.05, 0.1) is 13.0 Å². The van der Waals surface area contributed by atoms with Gasteiger partial charge in [-0.3, -0.25) is 4.79 Å². The highest BCUT2D eigenvalue weighted by Gasteiger charge is 2.03. The summed E-state index contributed by atoms with van der Waals surface area (Å²) in [4.78, 5) is 15.9. The zero-order valence-electron chi connectivity index (χ0n) is 12.1. The van der Waals surface area contributed by atoms with Gasteiger partial charge in [0, 0.05) is 38.1 Å². The highest BCUT2D eigenvalue weighted by molar-refractivity contribution is 5.75. The van der Waals surface area contributed by atoms with Crippen LogP contribution in [0.3, 0.4) is 0 Å². The summed E-state index contributed by atoms with van der Waals surface area (Å²) in [6.45, 7) is 0.920. The van der Waals surface area contributed by atoms with Crippen LogP contribution >= 0.6 is 0 Å². The average molecular weight is 288 g/mol. The van der Waals surface area contributed by atoms with E-state index in [4.69, 9.17) is 10.5 Å². The fourth-order valence-corrected chi connectivity index (χ4v) is 1.87. The molecule has 0 aliphatic rings. The van der Waals surface area contributed by atoms with Gasteiger partial charge in [-0.25, -0.2) is 4.98 Å². The maximum Gasteiger partial charge on any atom is 0.223 e. The molecule has 0 saturated carbocycles. The van der Waals surface area contributed by atoms with Crippen molar-refractivity contribution < 1.29 is 9.53 Å². The van der Waals surface area contributed by atoms with Crippen molar-refractivity contribution in [2.24, 2.45) is 7.05 Å². The van der Waals surface area contributed by atoms with E-state index >= 15 is 0 Å². The van der Waals surface area contributed by atoms with Crippen molar-refractivity contribution in [2.75, 3.05) is 18.9 Å². The molecule has 1 amide bonds. The van der Waals surface area contributed by atoms with E-state index in [9.17, 15) is 4.79 Å². The number of aromatic nitrogens is 2. The zero-order valence-corrected chi connectivity index (χ0v) is 12.1. The summed E-state index contributed by atoms with van der Waals surface area (Å²) in [6.07, 6.45) is 4.67. The van der Waals surface area contributed by atoms with Crippen LogP contribution in [0, 0.1) is 0 Å². The Bertz CT molecular complexity index is 578. The summed E-state index contributed by atoms with van der Waals surface area (Å²) in [6, 6.07) is 7.10. The molecule has 1 heterocycles. The van der Waals surface area contributed by atoms with Crippen LogP contribution in [-0.4, -0.2) is 28.6 Å². The largest absolute Gasteiger partial charge is 0.493 e. The minimum absolute atomic E-state index is 0.0281. The summed E-state index contributed by atoms with van der Waals surface area (Å²) < 4.78 is 7.41. The topological polar surface area (TPSA) is 82.2 Å². The molecule has 0 fully saturated rings. The van der Waals surface area contributed by atoms with Gasteiger partial charge in [-0.2, -0.15) is 0 Å². The lowest BCUT2D eigenvalue weighted by Crippen LogP contribution is -2.27. The molecular formula is C15H20N4O2. The van der Waals surface area contributed by atoms with Gasteiger partial charge >= 0.3 is 0 Å². The molecule has 2 rings (SSSR count). The summed E-state index contributed by atoms with van der Waals surface area (Å²) in [5.74, 6) is 1.64. The van der Waals surface area contributed by atoms with Gasteiger partial charge in [0.1, 0.15) is 11.6 Å². The van der Waals surface area contributed by atoms with Gasteiger partial charge in [-0.1, -0.05) is 0 Å². The van der Waals surface area contributed by atoms with Crippen molar-refractivity contribution in [3.05, 3.63) is 42.5 Å². The molecular weight excluding hydrogens is 268 g/mol. The molecule has 6 nitrogen and oxygen atoms in total. The second kappa shape index (κ2) is 7.33. The summed E-state index contributed by atoms with van der Waals surface area (Å²) >= 11 is 0. The van der Waals surface area contributed by atoms with E-state index in [0.717, 1.165) is 5.82 Å². The molecule has 2 aromatic rings. The highest BCUT2D eigenvalue weighted by atomic mass is 16.5. The van der Waals surface area contributed by atoms with Crippen LogP contribution in [0.2, 0.25) is 0 Å². The van der Waals surface area contributed by atoms with Gasteiger partial charge in [0.25, 0.3) is 0 Å². The number of benzene rings is 1. The molecule has 0 aliphatic heterocycles. The molecule has 0 aliphatic carbocycles. The first kappa shape index (κ1) is 14.9. The number of carbonyl (C=O) groups is 1. The van der Waals surface area contributed by atoms with Crippen molar-refractivity contribution in [2.45, 2.75) is 12.8 Å². The first-order chi connectivity index (χ1) is 10.1. The number of amides is 1. The number of nitrogens with one attached hydrogen (secondary N) is 1. The molecule has 21 heavy (non-hydrogen) atoms. The molecule has 0 saturated heterocycles. The lowest BCUT2D eigenvalue weighted by molar-refractivity contribution is -0.121. The average Bonchev–Trinajstić information content (AvgIpc) is 2.87. The predicted molar refractivity (Wildman–Crippen MR) is 80.9 cm³/mol. The van der Waals surface area contributed by atoms with Crippen LogP contribution in [0.5, 0.6) is 5.75 Å². The van der Waals surface area contributed by atoms with E-state index in [2.05, 4.69) is 10.3 Å². The van der Waals surface area contributed by atoms with E-state index in [0.29, 0.717) is 37.4 Å². The Balaban J connectivity index is 1.61. The normalized spacial score (nSPS) is 10.3.